The first-order valence-electron chi connectivity index (χ1n) is 6.34. The molecule has 110 valence electrons. The normalized spacial score (nSPS) is 19.6. The van der Waals surface area contributed by atoms with Gasteiger partial charge in [-0.05, 0) is 55.4 Å². The topological polar surface area (TPSA) is 41.1 Å². The van der Waals surface area contributed by atoms with Crippen molar-refractivity contribution in [3.63, 3.8) is 0 Å². The van der Waals surface area contributed by atoms with Gasteiger partial charge >= 0.3 is 5.51 Å². The average molecular weight is 304 g/mol. The Morgan fingerprint density at radius 3 is 2.50 bits per heavy atom. The van der Waals surface area contributed by atoms with Gasteiger partial charge in [-0.2, -0.15) is 13.2 Å². The predicted molar refractivity (Wildman–Crippen MR) is 72.6 cm³/mol. The second kappa shape index (κ2) is 6.49. The number of piperidine rings is 1. The van der Waals surface area contributed by atoms with Gasteiger partial charge < -0.3 is 10.6 Å². The summed E-state index contributed by atoms with van der Waals surface area (Å²) in [5.74, 6) is -0.138. The van der Waals surface area contributed by atoms with E-state index in [0.29, 0.717) is 5.69 Å². The van der Waals surface area contributed by atoms with E-state index in [2.05, 4.69) is 10.6 Å². The third kappa shape index (κ3) is 4.72. The second-order valence-corrected chi connectivity index (χ2v) is 5.70. The number of amides is 1. The van der Waals surface area contributed by atoms with Crippen molar-refractivity contribution in [2.75, 3.05) is 11.9 Å². The van der Waals surface area contributed by atoms with Gasteiger partial charge in [-0.3, -0.25) is 4.79 Å². The van der Waals surface area contributed by atoms with Crippen LogP contribution in [0.4, 0.5) is 18.9 Å². The van der Waals surface area contributed by atoms with Crippen LogP contribution in [0, 0.1) is 0 Å². The number of alkyl halides is 3. The zero-order valence-electron chi connectivity index (χ0n) is 10.7. The van der Waals surface area contributed by atoms with E-state index < -0.39 is 5.51 Å². The maximum atomic E-state index is 12.2. The summed E-state index contributed by atoms with van der Waals surface area (Å²) in [5.41, 5.74) is -3.79. The maximum Gasteiger partial charge on any atom is 0.446 e. The molecule has 0 saturated carbocycles. The van der Waals surface area contributed by atoms with Crippen LogP contribution in [0.2, 0.25) is 0 Å². The molecule has 1 unspecified atom stereocenters. The van der Waals surface area contributed by atoms with Gasteiger partial charge in [-0.15, -0.1) is 0 Å². The van der Waals surface area contributed by atoms with Crippen LogP contribution < -0.4 is 10.6 Å². The molecule has 2 N–H and O–H groups in total. The lowest BCUT2D eigenvalue weighted by Crippen LogP contribution is -2.43. The van der Waals surface area contributed by atoms with Crippen LogP contribution in [0.15, 0.2) is 29.2 Å². The maximum absolute atomic E-state index is 12.2. The number of rotatable bonds is 3. The van der Waals surface area contributed by atoms with Crippen molar-refractivity contribution in [1.82, 2.24) is 5.32 Å². The van der Waals surface area contributed by atoms with Crippen LogP contribution in [0.25, 0.3) is 0 Å². The van der Waals surface area contributed by atoms with E-state index in [0.717, 1.165) is 25.8 Å². The Bertz CT molecular complexity index is 456. The Morgan fingerprint density at radius 1 is 1.25 bits per heavy atom. The predicted octanol–water partition coefficient (Wildman–Crippen LogP) is 3.38. The van der Waals surface area contributed by atoms with Gasteiger partial charge in [0, 0.05) is 10.6 Å². The molecule has 1 saturated heterocycles. The van der Waals surface area contributed by atoms with Crippen molar-refractivity contribution in [3.05, 3.63) is 24.3 Å². The minimum atomic E-state index is -4.29. The van der Waals surface area contributed by atoms with Crippen LogP contribution in [0.3, 0.4) is 0 Å². The van der Waals surface area contributed by atoms with Gasteiger partial charge in [0.1, 0.15) is 0 Å². The summed E-state index contributed by atoms with van der Waals surface area (Å²) in [6.45, 7) is 0.819. The number of hydrogen-bond donors (Lipinski definition) is 2. The third-order valence-electron chi connectivity index (χ3n) is 2.98. The summed E-state index contributed by atoms with van der Waals surface area (Å²) in [6.07, 6.45) is 2.85. The molecule has 0 bridgehead atoms. The molecule has 0 radical (unpaired) electrons. The summed E-state index contributed by atoms with van der Waals surface area (Å²) >= 11 is -0.169. The molecule has 0 spiro atoms. The Morgan fingerprint density at radius 2 is 1.95 bits per heavy atom. The van der Waals surface area contributed by atoms with Gasteiger partial charge in [-0.1, -0.05) is 6.42 Å². The Kier molecular flexibility index (Phi) is 4.93. The summed E-state index contributed by atoms with van der Waals surface area (Å²) in [4.78, 5) is 12.0. The van der Waals surface area contributed by atoms with Crippen LogP contribution in [0.5, 0.6) is 0 Å². The van der Waals surface area contributed by atoms with Crippen molar-refractivity contribution in [1.29, 1.82) is 0 Å². The molecule has 2 rings (SSSR count). The number of benzene rings is 1. The fraction of sp³-hybridized carbons (Fsp3) is 0.462. The lowest BCUT2D eigenvalue weighted by molar-refractivity contribution is -0.118. The van der Waals surface area contributed by atoms with Gasteiger partial charge in [0.15, 0.2) is 0 Å². The van der Waals surface area contributed by atoms with Crippen LogP contribution in [0.1, 0.15) is 19.3 Å². The summed E-state index contributed by atoms with van der Waals surface area (Å²) in [6, 6.07) is 5.45. The van der Waals surface area contributed by atoms with E-state index in [1.54, 1.807) is 0 Å². The molecule has 1 atom stereocenters. The Labute approximate surface area is 119 Å². The van der Waals surface area contributed by atoms with E-state index >= 15 is 0 Å². The Balaban J connectivity index is 1.91. The standard InChI is InChI=1S/C13H15F3N2OS/c14-13(15,16)20-10-6-4-9(5-7-10)18-12(19)11-3-1-2-8-17-11/h4-7,11,17H,1-3,8H2,(H,18,19). The number of hydrogen-bond acceptors (Lipinski definition) is 3. The number of thioether (sulfide) groups is 1. The molecule has 0 aliphatic carbocycles. The van der Waals surface area contributed by atoms with Crippen molar-refractivity contribution < 1.29 is 18.0 Å². The molecule has 1 fully saturated rings. The molecule has 1 aliphatic rings. The number of nitrogens with one attached hydrogen (secondary N) is 2. The van der Waals surface area contributed by atoms with E-state index in [-0.39, 0.29) is 28.6 Å². The lowest BCUT2D eigenvalue weighted by Gasteiger charge is -2.22. The molecule has 3 nitrogen and oxygen atoms in total. The summed E-state index contributed by atoms with van der Waals surface area (Å²) in [5, 5.41) is 5.83. The van der Waals surface area contributed by atoms with Gasteiger partial charge in [0.25, 0.3) is 0 Å². The largest absolute Gasteiger partial charge is 0.446 e. The zero-order valence-corrected chi connectivity index (χ0v) is 11.5. The highest BCUT2D eigenvalue weighted by molar-refractivity contribution is 8.00. The molecule has 1 heterocycles. The minimum Gasteiger partial charge on any atom is -0.325 e. The SMILES string of the molecule is O=C(Nc1ccc(SC(F)(F)F)cc1)C1CCCCN1. The number of carbonyl (C=O) groups excluding carboxylic acids is 1. The van der Waals surface area contributed by atoms with Crippen molar-refractivity contribution in [2.24, 2.45) is 0 Å². The van der Waals surface area contributed by atoms with E-state index in [1.807, 2.05) is 0 Å². The third-order valence-corrected chi connectivity index (χ3v) is 3.72. The molecule has 1 amide bonds. The highest BCUT2D eigenvalue weighted by Crippen LogP contribution is 2.37. The van der Waals surface area contributed by atoms with Crippen molar-refractivity contribution in [2.45, 2.75) is 35.7 Å². The van der Waals surface area contributed by atoms with Crippen LogP contribution >= 0.6 is 11.8 Å². The molecule has 1 aromatic rings. The zero-order chi connectivity index (χ0) is 14.6. The van der Waals surface area contributed by atoms with E-state index in [1.165, 1.54) is 24.3 Å². The van der Waals surface area contributed by atoms with Gasteiger partial charge in [0.05, 0.1) is 6.04 Å². The van der Waals surface area contributed by atoms with E-state index in [4.69, 9.17) is 0 Å². The number of carbonyl (C=O) groups is 1. The summed E-state index contributed by atoms with van der Waals surface area (Å²) < 4.78 is 36.5. The van der Waals surface area contributed by atoms with Crippen LogP contribution in [-0.2, 0) is 4.79 Å². The summed E-state index contributed by atoms with van der Waals surface area (Å²) in [7, 11) is 0. The molecule has 0 aromatic heterocycles. The van der Waals surface area contributed by atoms with Gasteiger partial charge in [-0.25, -0.2) is 0 Å². The second-order valence-electron chi connectivity index (χ2n) is 4.56. The quantitative estimate of drug-likeness (QED) is 0.841. The van der Waals surface area contributed by atoms with Crippen LogP contribution in [-0.4, -0.2) is 24.0 Å². The highest BCUT2D eigenvalue weighted by Gasteiger charge is 2.29. The Hall–Kier alpha value is -1.21. The van der Waals surface area contributed by atoms with Gasteiger partial charge in [0.2, 0.25) is 5.91 Å². The minimum absolute atomic E-state index is 0.103. The molecular weight excluding hydrogens is 289 g/mol. The molecule has 1 aliphatic heterocycles. The molecule has 1 aromatic carbocycles. The highest BCUT2D eigenvalue weighted by atomic mass is 32.2. The first kappa shape index (κ1) is 15.2. The lowest BCUT2D eigenvalue weighted by atomic mass is 10.0. The smallest absolute Gasteiger partial charge is 0.325 e. The van der Waals surface area contributed by atoms with E-state index in [9.17, 15) is 18.0 Å². The first-order chi connectivity index (χ1) is 9.44. The van der Waals surface area contributed by atoms with Crippen molar-refractivity contribution in [3.8, 4) is 0 Å². The van der Waals surface area contributed by atoms with Crippen molar-refractivity contribution >= 4 is 23.4 Å². The number of anilines is 1. The number of halogens is 3. The molecule has 7 heteroatoms. The molecular formula is C13H15F3N2OS. The molecule has 20 heavy (non-hydrogen) atoms. The fourth-order valence-electron chi connectivity index (χ4n) is 2.04. The monoisotopic (exact) mass is 304 g/mol. The first-order valence-corrected chi connectivity index (χ1v) is 7.16. The fourth-order valence-corrected chi connectivity index (χ4v) is 2.58. The average Bonchev–Trinajstić information content (AvgIpc) is 2.40.